The van der Waals surface area contributed by atoms with E-state index >= 15 is 0 Å². The van der Waals surface area contributed by atoms with Crippen molar-refractivity contribution in [2.24, 2.45) is 0 Å². The first kappa shape index (κ1) is 15.0. The van der Waals surface area contributed by atoms with Gasteiger partial charge in [0.2, 0.25) is 5.91 Å². The van der Waals surface area contributed by atoms with Crippen molar-refractivity contribution < 1.29 is 9.18 Å². The highest BCUT2D eigenvalue weighted by Crippen LogP contribution is 2.25. The molecule has 0 heterocycles. The van der Waals surface area contributed by atoms with Crippen LogP contribution >= 0.6 is 0 Å². The molecule has 0 fully saturated rings. The van der Waals surface area contributed by atoms with Gasteiger partial charge in [-0.25, -0.2) is 4.39 Å². The lowest BCUT2D eigenvalue weighted by molar-refractivity contribution is -0.119. The molecule has 0 saturated carbocycles. The van der Waals surface area contributed by atoms with E-state index in [0.717, 1.165) is 5.56 Å². The molecule has 0 bridgehead atoms. The van der Waals surface area contributed by atoms with Gasteiger partial charge in [0, 0.05) is 12.2 Å². The van der Waals surface area contributed by atoms with E-state index in [4.69, 9.17) is 5.73 Å². The van der Waals surface area contributed by atoms with Crippen LogP contribution in [-0.4, -0.2) is 12.5 Å². The first-order valence-electron chi connectivity index (χ1n) is 6.96. The Balaban J connectivity index is 2.30. The second-order valence-corrected chi connectivity index (χ2v) is 4.93. The number of likely N-dealkylation sites (N-methyl/N-ethyl adjacent to an activating group) is 1. The number of nitrogen functional groups attached to an aromatic ring is 1. The fraction of sp³-hybridized carbons (Fsp3) is 0.235. The Bertz CT molecular complexity index is 642. The Labute approximate surface area is 124 Å². The lowest BCUT2D eigenvalue weighted by Crippen LogP contribution is -2.34. The SMILES string of the molecule is CCN(C(=O)C(C)c1cccc(N)c1)c1ccccc1F. The van der Waals surface area contributed by atoms with E-state index in [2.05, 4.69) is 0 Å². The Morgan fingerprint density at radius 2 is 1.95 bits per heavy atom. The predicted octanol–water partition coefficient (Wildman–Crippen LogP) is 3.56. The van der Waals surface area contributed by atoms with Gasteiger partial charge >= 0.3 is 0 Å². The largest absolute Gasteiger partial charge is 0.399 e. The number of benzene rings is 2. The van der Waals surface area contributed by atoms with Gasteiger partial charge in [0.15, 0.2) is 0 Å². The van der Waals surface area contributed by atoms with Crippen LogP contribution in [0.3, 0.4) is 0 Å². The summed E-state index contributed by atoms with van der Waals surface area (Å²) in [6.07, 6.45) is 0. The van der Waals surface area contributed by atoms with Crippen molar-refractivity contribution in [3.63, 3.8) is 0 Å². The molecule has 3 nitrogen and oxygen atoms in total. The molecule has 0 spiro atoms. The highest BCUT2D eigenvalue weighted by Gasteiger charge is 2.23. The molecular weight excluding hydrogens is 267 g/mol. The van der Waals surface area contributed by atoms with E-state index in [1.807, 2.05) is 19.1 Å². The molecule has 1 amide bonds. The van der Waals surface area contributed by atoms with Crippen LogP contribution in [0.2, 0.25) is 0 Å². The lowest BCUT2D eigenvalue weighted by Gasteiger charge is -2.25. The summed E-state index contributed by atoms with van der Waals surface area (Å²) in [5.41, 5.74) is 7.50. The van der Waals surface area contributed by atoms with Crippen LogP contribution in [-0.2, 0) is 4.79 Å². The highest BCUT2D eigenvalue weighted by molar-refractivity contribution is 5.98. The van der Waals surface area contributed by atoms with Gasteiger partial charge in [-0.1, -0.05) is 24.3 Å². The standard InChI is InChI=1S/C17H19FN2O/c1-3-20(16-10-5-4-9-15(16)18)17(21)12(2)13-7-6-8-14(19)11-13/h4-12H,3,19H2,1-2H3. The van der Waals surface area contributed by atoms with Gasteiger partial charge in [-0.15, -0.1) is 0 Å². The minimum atomic E-state index is -0.396. The van der Waals surface area contributed by atoms with E-state index in [9.17, 15) is 9.18 Å². The number of hydrogen-bond donors (Lipinski definition) is 1. The molecule has 2 aromatic carbocycles. The van der Waals surface area contributed by atoms with Gasteiger partial charge in [0.25, 0.3) is 0 Å². The molecule has 2 aromatic rings. The summed E-state index contributed by atoms with van der Waals surface area (Å²) in [7, 11) is 0. The molecule has 4 heteroatoms. The molecule has 1 atom stereocenters. The van der Waals surface area contributed by atoms with Crippen molar-refractivity contribution in [1.82, 2.24) is 0 Å². The summed E-state index contributed by atoms with van der Waals surface area (Å²) >= 11 is 0. The van der Waals surface area contributed by atoms with Crippen molar-refractivity contribution in [1.29, 1.82) is 0 Å². The van der Waals surface area contributed by atoms with Crippen LogP contribution in [0.15, 0.2) is 48.5 Å². The average Bonchev–Trinajstić information content (AvgIpc) is 2.49. The monoisotopic (exact) mass is 286 g/mol. The van der Waals surface area contributed by atoms with E-state index in [1.54, 1.807) is 37.3 Å². The van der Waals surface area contributed by atoms with E-state index in [-0.39, 0.29) is 11.8 Å². The summed E-state index contributed by atoms with van der Waals surface area (Å²) in [4.78, 5) is 14.1. The molecule has 0 radical (unpaired) electrons. The third-order valence-corrected chi connectivity index (χ3v) is 3.51. The maximum Gasteiger partial charge on any atom is 0.234 e. The second-order valence-electron chi connectivity index (χ2n) is 4.93. The molecular formula is C17H19FN2O. The van der Waals surface area contributed by atoms with Gasteiger partial charge in [0.05, 0.1) is 11.6 Å². The van der Waals surface area contributed by atoms with Crippen molar-refractivity contribution in [3.05, 3.63) is 59.9 Å². The maximum atomic E-state index is 13.9. The van der Waals surface area contributed by atoms with Crippen molar-refractivity contribution in [2.45, 2.75) is 19.8 Å². The minimum absolute atomic E-state index is 0.145. The van der Waals surface area contributed by atoms with Gasteiger partial charge in [-0.2, -0.15) is 0 Å². The number of rotatable bonds is 4. The highest BCUT2D eigenvalue weighted by atomic mass is 19.1. The number of nitrogens with zero attached hydrogens (tertiary/aromatic N) is 1. The molecule has 0 aliphatic rings. The zero-order valence-corrected chi connectivity index (χ0v) is 12.2. The fourth-order valence-electron chi connectivity index (χ4n) is 2.32. The fourth-order valence-corrected chi connectivity index (χ4v) is 2.32. The zero-order chi connectivity index (χ0) is 15.4. The molecule has 0 aliphatic carbocycles. The number of carbonyl (C=O) groups is 1. The topological polar surface area (TPSA) is 46.3 Å². The van der Waals surface area contributed by atoms with E-state index < -0.39 is 5.82 Å². The number of anilines is 2. The summed E-state index contributed by atoms with van der Waals surface area (Å²) in [6, 6.07) is 13.5. The molecule has 2 rings (SSSR count). The number of carbonyl (C=O) groups excluding carboxylic acids is 1. The van der Waals surface area contributed by atoms with Crippen molar-refractivity contribution in [3.8, 4) is 0 Å². The minimum Gasteiger partial charge on any atom is -0.399 e. The number of halogens is 1. The maximum absolute atomic E-state index is 13.9. The van der Waals surface area contributed by atoms with Gasteiger partial charge in [0.1, 0.15) is 5.82 Å². The van der Waals surface area contributed by atoms with Crippen LogP contribution < -0.4 is 10.6 Å². The van der Waals surface area contributed by atoms with Crippen LogP contribution in [0.4, 0.5) is 15.8 Å². The first-order valence-corrected chi connectivity index (χ1v) is 6.96. The summed E-state index contributed by atoms with van der Waals surface area (Å²) in [5, 5.41) is 0. The number of amides is 1. The molecule has 2 N–H and O–H groups in total. The summed E-state index contributed by atoms with van der Waals surface area (Å²) in [5.74, 6) is -0.922. The van der Waals surface area contributed by atoms with Crippen molar-refractivity contribution in [2.75, 3.05) is 17.2 Å². The predicted molar refractivity (Wildman–Crippen MR) is 83.7 cm³/mol. The Kier molecular flexibility index (Phi) is 4.58. The first-order chi connectivity index (χ1) is 10.0. The van der Waals surface area contributed by atoms with Gasteiger partial charge in [-0.3, -0.25) is 4.79 Å². The lowest BCUT2D eigenvalue weighted by atomic mass is 9.99. The Morgan fingerprint density at radius 3 is 2.57 bits per heavy atom. The summed E-state index contributed by atoms with van der Waals surface area (Å²) < 4.78 is 13.9. The van der Waals surface area contributed by atoms with Crippen molar-refractivity contribution >= 4 is 17.3 Å². The summed E-state index contributed by atoms with van der Waals surface area (Å²) in [6.45, 7) is 4.05. The van der Waals surface area contributed by atoms with Crippen LogP contribution in [0.5, 0.6) is 0 Å². The average molecular weight is 286 g/mol. The Hall–Kier alpha value is -2.36. The molecule has 0 aromatic heterocycles. The van der Waals surface area contributed by atoms with Crippen LogP contribution in [0.1, 0.15) is 25.3 Å². The second kappa shape index (κ2) is 6.39. The van der Waals surface area contributed by atoms with Crippen LogP contribution in [0.25, 0.3) is 0 Å². The molecule has 21 heavy (non-hydrogen) atoms. The third-order valence-electron chi connectivity index (χ3n) is 3.51. The molecule has 1 unspecified atom stereocenters. The van der Waals surface area contributed by atoms with E-state index in [0.29, 0.717) is 17.9 Å². The normalized spacial score (nSPS) is 12.0. The van der Waals surface area contributed by atoms with Crippen LogP contribution in [0, 0.1) is 5.82 Å². The van der Waals surface area contributed by atoms with E-state index in [1.165, 1.54) is 11.0 Å². The smallest absolute Gasteiger partial charge is 0.234 e. The number of nitrogens with two attached hydrogens (primary N) is 1. The van der Waals surface area contributed by atoms with Gasteiger partial charge < -0.3 is 10.6 Å². The Morgan fingerprint density at radius 1 is 1.24 bits per heavy atom. The molecule has 0 aliphatic heterocycles. The zero-order valence-electron chi connectivity index (χ0n) is 12.2. The molecule has 110 valence electrons. The third kappa shape index (κ3) is 3.21. The number of hydrogen-bond acceptors (Lipinski definition) is 2. The van der Waals surface area contributed by atoms with Gasteiger partial charge in [-0.05, 0) is 43.7 Å². The molecule has 0 saturated heterocycles. The number of para-hydroxylation sites is 1. The quantitative estimate of drug-likeness (QED) is 0.873.